The fourth-order valence-electron chi connectivity index (χ4n) is 3.34. The summed E-state index contributed by atoms with van der Waals surface area (Å²) in [5, 5.41) is 3.59. The minimum Gasteiger partial charge on any atom is -0.311 e. The highest BCUT2D eigenvalue weighted by Gasteiger charge is 2.47. The quantitative estimate of drug-likeness (QED) is 0.819. The van der Waals surface area contributed by atoms with Crippen LogP contribution in [0.15, 0.2) is 24.3 Å². The minimum atomic E-state index is 0.501. The van der Waals surface area contributed by atoms with Crippen LogP contribution in [-0.4, -0.2) is 6.54 Å². The average Bonchev–Trinajstić information content (AvgIpc) is 2.99. The number of aryl methyl sites for hydroxylation is 2. The predicted octanol–water partition coefficient (Wildman–Crippen LogP) is 4.17. The van der Waals surface area contributed by atoms with Crippen molar-refractivity contribution in [3.05, 3.63) is 45.8 Å². The van der Waals surface area contributed by atoms with E-state index in [9.17, 15) is 0 Å². The molecular formula is C17H19NS. The molecule has 2 aromatic rings. The third kappa shape index (κ3) is 1.78. The Kier molecular flexibility index (Phi) is 2.42. The molecule has 0 unspecified atom stereocenters. The minimum absolute atomic E-state index is 0.501. The van der Waals surface area contributed by atoms with Gasteiger partial charge < -0.3 is 5.32 Å². The lowest BCUT2D eigenvalue weighted by atomic mass is 9.92. The summed E-state index contributed by atoms with van der Waals surface area (Å²) in [5.41, 5.74) is 6.31. The lowest BCUT2D eigenvalue weighted by molar-refractivity contribution is 0.539. The van der Waals surface area contributed by atoms with Crippen molar-refractivity contribution in [1.82, 2.24) is 5.32 Å². The average molecular weight is 269 g/mol. The number of benzene rings is 1. The highest BCUT2D eigenvalue weighted by molar-refractivity contribution is 7.15. The first-order chi connectivity index (χ1) is 9.18. The Morgan fingerprint density at radius 3 is 2.74 bits per heavy atom. The Balaban J connectivity index is 1.83. The monoisotopic (exact) mass is 269 g/mol. The number of rotatable bonds is 1. The van der Waals surface area contributed by atoms with Crippen LogP contribution in [0.3, 0.4) is 0 Å². The molecule has 1 fully saturated rings. The van der Waals surface area contributed by atoms with E-state index in [1.807, 2.05) is 11.3 Å². The molecule has 1 spiro atoms. The van der Waals surface area contributed by atoms with Crippen molar-refractivity contribution in [2.45, 2.75) is 38.6 Å². The SMILES string of the molecule is Cc1ccc(-c2cc3c(s2)CNCC32CC2)c(C)c1. The second kappa shape index (κ2) is 3.94. The molecule has 2 heterocycles. The Morgan fingerprint density at radius 1 is 1.16 bits per heavy atom. The second-order valence-electron chi connectivity index (χ2n) is 6.15. The molecular weight excluding hydrogens is 250 g/mol. The third-order valence-electron chi connectivity index (χ3n) is 4.63. The molecule has 4 rings (SSSR count). The smallest absolute Gasteiger partial charge is 0.0351 e. The Morgan fingerprint density at radius 2 is 2.00 bits per heavy atom. The number of hydrogen-bond donors (Lipinski definition) is 1. The molecule has 0 radical (unpaired) electrons. The lowest BCUT2D eigenvalue weighted by Crippen LogP contribution is -2.31. The summed E-state index contributed by atoms with van der Waals surface area (Å²) in [6.45, 7) is 6.64. The first kappa shape index (κ1) is 11.7. The number of hydrogen-bond acceptors (Lipinski definition) is 2. The van der Waals surface area contributed by atoms with Gasteiger partial charge in [-0.05, 0) is 49.4 Å². The third-order valence-corrected chi connectivity index (χ3v) is 5.80. The molecule has 0 saturated heterocycles. The van der Waals surface area contributed by atoms with Crippen molar-refractivity contribution in [2.75, 3.05) is 6.54 Å². The standard InChI is InChI=1S/C17H19NS/c1-11-3-4-13(12(2)7-11)15-8-14-16(19-15)9-18-10-17(14)5-6-17/h3-4,7-8,18H,5-6,9-10H2,1-2H3. The van der Waals surface area contributed by atoms with Crippen molar-refractivity contribution < 1.29 is 0 Å². The molecule has 1 aromatic heterocycles. The van der Waals surface area contributed by atoms with Crippen LogP contribution in [0.25, 0.3) is 10.4 Å². The Bertz CT molecular complexity index is 649. The molecule has 2 heteroatoms. The topological polar surface area (TPSA) is 12.0 Å². The van der Waals surface area contributed by atoms with Gasteiger partial charge >= 0.3 is 0 Å². The van der Waals surface area contributed by atoms with E-state index in [2.05, 4.69) is 43.4 Å². The largest absolute Gasteiger partial charge is 0.311 e. The molecule has 0 atom stereocenters. The van der Waals surface area contributed by atoms with Crippen LogP contribution >= 0.6 is 11.3 Å². The fraction of sp³-hybridized carbons (Fsp3) is 0.412. The van der Waals surface area contributed by atoms with E-state index in [0.717, 1.165) is 6.54 Å². The van der Waals surface area contributed by atoms with Crippen LogP contribution in [0.1, 0.15) is 34.4 Å². The van der Waals surface area contributed by atoms with Crippen molar-refractivity contribution in [2.24, 2.45) is 0 Å². The summed E-state index contributed by atoms with van der Waals surface area (Å²) >= 11 is 1.99. The number of thiophene rings is 1. The van der Waals surface area contributed by atoms with Gasteiger partial charge in [0.05, 0.1) is 0 Å². The summed E-state index contributed by atoms with van der Waals surface area (Å²) in [6, 6.07) is 9.28. The van der Waals surface area contributed by atoms with Crippen molar-refractivity contribution in [1.29, 1.82) is 0 Å². The molecule has 1 aliphatic heterocycles. The van der Waals surface area contributed by atoms with Crippen LogP contribution in [0.4, 0.5) is 0 Å². The van der Waals surface area contributed by atoms with Crippen LogP contribution in [0, 0.1) is 13.8 Å². The predicted molar refractivity (Wildman–Crippen MR) is 81.8 cm³/mol. The summed E-state index contributed by atoms with van der Waals surface area (Å²) < 4.78 is 0. The number of fused-ring (bicyclic) bond motifs is 2. The zero-order valence-electron chi connectivity index (χ0n) is 11.5. The molecule has 98 valence electrons. The van der Waals surface area contributed by atoms with Crippen LogP contribution in [0.5, 0.6) is 0 Å². The fourth-order valence-corrected chi connectivity index (χ4v) is 4.68. The zero-order valence-corrected chi connectivity index (χ0v) is 12.4. The van der Waals surface area contributed by atoms with Crippen LogP contribution in [0.2, 0.25) is 0 Å². The maximum absolute atomic E-state index is 3.59. The molecule has 2 aliphatic rings. The van der Waals surface area contributed by atoms with Gasteiger partial charge in [0.1, 0.15) is 0 Å². The molecule has 1 aliphatic carbocycles. The highest BCUT2D eigenvalue weighted by Crippen LogP contribution is 2.53. The molecule has 1 saturated carbocycles. The molecule has 1 nitrogen and oxygen atoms in total. The number of nitrogens with one attached hydrogen (secondary N) is 1. The van der Waals surface area contributed by atoms with E-state index in [1.165, 1.54) is 41.0 Å². The van der Waals surface area contributed by atoms with Gasteiger partial charge in [-0.2, -0.15) is 0 Å². The first-order valence-corrected chi connectivity index (χ1v) is 7.91. The van der Waals surface area contributed by atoms with E-state index in [4.69, 9.17) is 0 Å². The summed E-state index contributed by atoms with van der Waals surface area (Å²) in [7, 11) is 0. The summed E-state index contributed by atoms with van der Waals surface area (Å²) in [5.74, 6) is 0. The van der Waals surface area contributed by atoms with E-state index in [0.29, 0.717) is 5.41 Å². The highest BCUT2D eigenvalue weighted by atomic mass is 32.1. The van der Waals surface area contributed by atoms with E-state index in [-0.39, 0.29) is 0 Å². The van der Waals surface area contributed by atoms with Gasteiger partial charge in [-0.1, -0.05) is 23.8 Å². The zero-order chi connectivity index (χ0) is 13.0. The van der Waals surface area contributed by atoms with Gasteiger partial charge in [0, 0.05) is 28.3 Å². The van der Waals surface area contributed by atoms with Gasteiger partial charge in [-0.3, -0.25) is 0 Å². The Labute approximate surface area is 118 Å². The van der Waals surface area contributed by atoms with Crippen LogP contribution < -0.4 is 5.32 Å². The van der Waals surface area contributed by atoms with E-state index >= 15 is 0 Å². The van der Waals surface area contributed by atoms with Gasteiger partial charge in [0.25, 0.3) is 0 Å². The summed E-state index contributed by atoms with van der Waals surface area (Å²) in [6.07, 6.45) is 2.74. The van der Waals surface area contributed by atoms with E-state index in [1.54, 1.807) is 10.4 Å². The normalized spacial score (nSPS) is 19.5. The van der Waals surface area contributed by atoms with Crippen LogP contribution in [-0.2, 0) is 12.0 Å². The summed E-state index contributed by atoms with van der Waals surface area (Å²) in [4.78, 5) is 3.02. The van der Waals surface area contributed by atoms with Crippen molar-refractivity contribution in [3.8, 4) is 10.4 Å². The molecule has 19 heavy (non-hydrogen) atoms. The molecule has 0 amide bonds. The van der Waals surface area contributed by atoms with Gasteiger partial charge in [-0.15, -0.1) is 11.3 Å². The first-order valence-electron chi connectivity index (χ1n) is 7.09. The van der Waals surface area contributed by atoms with Crippen molar-refractivity contribution in [3.63, 3.8) is 0 Å². The maximum atomic E-state index is 3.59. The molecule has 1 N–H and O–H groups in total. The second-order valence-corrected chi connectivity index (χ2v) is 7.29. The Hall–Kier alpha value is -1.12. The van der Waals surface area contributed by atoms with Gasteiger partial charge in [-0.25, -0.2) is 0 Å². The van der Waals surface area contributed by atoms with Gasteiger partial charge in [0.2, 0.25) is 0 Å². The molecule has 0 bridgehead atoms. The molecule has 1 aromatic carbocycles. The van der Waals surface area contributed by atoms with Crippen molar-refractivity contribution >= 4 is 11.3 Å². The lowest BCUT2D eigenvalue weighted by Gasteiger charge is -2.22. The van der Waals surface area contributed by atoms with E-state index < -0.39 is 0 Å². The van der Waals surface area contributed by atoms with Gasteiger partial charge in [0.15, 0.2) is 0 Å². The maximum Gasteiger partial charge on any atom is 0.0351 e.